The number of hydrogen-bond donors (Lipinski definition) is 1. The van der Waals surface area contributed by atoms with Crippen LogP contribution in [0.5, 0.6) is 5.75 Å². The third kappa shape index (κ3) is 4.15. The van der Waals surface area contributed by atoms with Crippen LogP contribution < -0.4 is 10.1 Å². The van der Waals surface area contributed by atoms with Crippen LogP contribution in [0.15, 0.2) is 36.4 Å². The van der Waals surface area contributed by atoms with Crippen molar-refractivity contribution in [2.24, 2.45) is 0 Å². The molecule has 0 saturated heterocycles. The van der Waals surface area contributed by atoms with Gasteiger partial charge in [0.05, 0.1) is 10.7 Å². The fraction of sp³-hybridized carbons (Fsp3) is 0.235. The van der Waals surface area contributed by atoms with E-state index in [0.29, 0.717) is 21.5 Å². The van der Waals surface area contributed by atoms with Gasteiger partial charge in [-0.3, -0.25) is 4.79 Å². The summed E-state index contributed by atoms with van der Waals surface area (Å²) in [5.41, 5.74) is 2.76. The van der Waals surface area contributed by atoms with Crippen molar-refractivity contribution in [3.63, 3.8) is 0 Å². The Morgan fingerprint density at radius 3 is 2.50 bits per heavy atom. The summed E-state index contributed by atoms with van der Waals surface area (Å²) in [7, 11) is 0. The number of carbonyl (C=O) groups excluding carboxylic acids is 1. The van der Waals surface area contributed by atoms with Crippen LogP contribution in [0.2, 0.25) is 10.0 Å². The summed E-state index contributed by atoms with van der Waals surface area (Å²) in [5, 5.41) is 3.65. The van der Waals surface area contributed by atoms with Gasteiger partial charge in [-0.1, -0.05) is 29.3 Å². The van der Waals surface area contributed by atoms with Crippen molar-refractivity contribution < 1.29 is 9.53 Å². The number of aryl methyl sites for hydroxylation is 2. The molecule has 0 radical (unpaired) electrons. The Balaban J connectivity index is 2.05. The standard InChI is InChI=1S/C17H17Cl2NO2/c1-10-4-6-14(8-11(10)2)22-12(3)17(21)20-16-9-13(18)5-7-15(16)19/h4-9,12H,1-3H3,(H,20,21)/t12-/m1/s1. The molecule has 2 aromatic rings. The molecule has 5 heteroatoms. The van der Waals surface area contributed by atoms with Gasteiger partial charge >= 0.3 is 0 Å². The third-order valence-electron chi connectivity index (χ3n) is 3.35. The summed E-state index contributed by atoms with van der Waals surface area (Å²) in [6.07, 6.45) is -0.655. The first kappa shape index (κ1) is 16.7. The SMILES string of the molecule is Cc1ccc(O[C@H](C)C(=O)Nc2cc(Cl)ccc2Cl)cc1C. The van der Waals surface area contributed by atoms with E-state index in [4.69, 9.17) is 27.9 Å². The minimum atomic E-state index is -0.655. The predicted octanol–water partition coefficient (Wildman–Crippen LogP) is 5.02. The highest BCUT2D eigenvalue weighted by molar-refractivity contribution is 6.35. The van der Waals surface area contributed by atoms with Gasteiger partial charge in [0.2, 0.25) is 0 Å². The maximum absolute atomic E-state index is 12.2. The minimum absolute atomic E-state index is 0.289. The van der Waals surface area contributed by atoms with Crippen LogP contribution in [-0.2, 0) is 4.79 Å². The number of benzene rings is 2. The summed E-state index contributed by atoms with van der Waals surface area (Å²) in [6, 6.07) is 10.6. The van der Waals surface area contributed by atoms with Gasteiger partial charge in [-0.05, 0) is 62.2 Å². The van der Waals surface area contributed by atoms with Gasteiger partial charge in [0.25, 0.3) is 5.91 Å². The van der Waals surface area contributed by atoms with Gasteiger partial charge in [-0.25, -0.2) is 0 Å². The molecule has 1 N–H and O–H groups in total. The van der Waals surface area contributed by atoms with Crippen LogP contribution >= 0.6 is 23.2 Å². The maximum Gasteiger partial charge on any atom is 0.265 e. The molecule has 22 heavy (non-hydrogen) atoms. The average Bonchev–Trinajstić information content (AvgIpc) is 2.46. The minimum Gasteiger partial charge on any atom is -0.481 e. The molecule has 116 valence electrons. The summed E-state index contributed by atoms with van der Waals surface area (Å²) in [6.45, 7) is 5.71. The number of halogens is 2. The first-order valence-electron chi connectivity index (χ1n) is 6.86. The Bertz CT molecular complexity index is 701. The number of ether oxygens (including phenoxy) is 1. The largest absolute Gasteiger partial charge is 0.481 e. The highest BCUT2D eigenvalue weighted by Crippen LogP contribution is 2.26. The van der Waals surface area contributed by atoms with E-state index in [9.17, 15) is 4.79 Å². The number of anilines is 1. The zero-order valence-corrected chi connectivity index (χ0v) is 14.1. The van der Waals surface area contributed by atoms with Crippen LogP contribution in [0, 0.1) is 13.8 Å². The first-order chi connectivity index (χ1) is 10.4. The van der Waals surface area contributed by atoms with Gasteiger partial charge in [-0.2, -0.15) is 0 Å². The van der Waals surface area contributed by atoms with Crippen molar-refractivity contribution in [1.82, 2.24) is 0 Å². The van der Waals surface area contributed by atoms with Crippen molar-refractivity contribution in [1.29, 1.82) is 0 Å². The lowest BCUT2D eigenvalue weighted by atomic mass is 10.1. The molecule has 0 aliphatic rings. The van der Waals surface area contributed by atoms with Crippen LogP contribution in [0.1, 0.15) is 18.1 Å². The van der Waals surface area contributed by atoms with E-state index in [1.54, 1.807) is 25.1 Å². The quantitative estimate of drug-likeness (QED) is 0.850. The molecule has 0 aliphatic heterocycles. The van der Waals surface area contributed by atoms with Gasteiger partial charge in [0, 0.05) is 5.02 Å². The zero-order valence-electron chi connectivity index (χ0n) is 12.6. The molecule has 0 spiro atoms. The lowest BCUT2D eigenvalue weighted by Gasteiger charge is -2.16. The van der Waals surface area contributed by atoms with E-state index in [1.165, 1.54) is 5.56 Å². The van der Waals surface area contributed by atoms with Gasteiger partial charge in [0.1, 0.15) is 5.75 Å². The topological polar surface area (TPSA) is 38.3 Å². The second-order valence-corrected chi connectivity index (χ2v) is 5.96. The van der Waals surface area contributed by atoms with E-state index in [-0.39, 0.29) is 5.91 Å². The summed E-state index contributed by atoms with van der Waals surface area (Å²) >= 11 is 11.9. The van der Waals surface area contributed by atoms with Crippen LogP contribution in [0.25, 0.3) is 0 Å². The van der Waals surface area contributed by atoms with Crippen molar-refractivity contribution in [3.05, 3.63) is 57.6 Å². The van der Waals surface area contributed by atoms with Gasteiger partial charge in [0.15, 0.2) is 6.10 Å². The van der Waals surface area contributed by atoms with Crippen molar-refractivity contribution in [2.75, 3.05) is 5.32 Å². The molecule has 0 saturated carbocycles. The molecule has 3 nitrogen and oxygen atoms in total. The Labute approximate surface area is 140 Å². The van der Waals surface area contributed by atoms with Gasteiger partial charge < -0.3 is 10.1 Å². The number of amides is 1. The zero-order chi connectivity index (χ0) is 16.3. The van der Waals surface area contributed by atoms with Crippen LogP contribution in [-0.4, -0.2) is 12.0 Å². The molecule has 0 fully saturated rings. The lowest BCUT2D eigenvalue weighted by Crippen LogP contribution is -2.30. The molecule has 0 heterocycles. The maximum atomic E-state index is 12.2. The Kier molecular flexibility index (Phi) is 5.33. The third-order valence-corrected chi connectivity index (χ3v) is 3.91. The molecule has 0 unspecified atom stereocenters. The number of hydrogen-bond acceptors (Lipinski definition) is 2. The van der Waals surface area contributed by atoms with Crippen molar-refractivity contribution in [3.8, 4) is 5.75 Å². The highest BCUT2D eigenvalue weighted by atomic mass is 35.5. The molecule has 1 atom stereocenters. The predicted molar refractivity (Wildman–Crippen MR) is 91.1 cm³/mol. The van der Waals surface area contributed by atoms with Crippen molar-refractivity contribution >= 4 is 34.8 Å². The fourth-order valence-electron chi connectivity index (χ4n) is 1.87. The number of nitrogens with one attached hydrogen (secondary N) is 1. The average molecular weight is 338 g/mol. The summed E-state index contributed by atoms with van der Waals surface area (Å²) < 4.78 is 5.67. The fourth-order valence-corrected chi connectivity index (χ4v) is 2.21. The number of rotatable bonds is 4. The Morgan fingerprint density at radius 1 is 1.09 bits per heavy atom. The smallest absolute Gasteiger partial charge is 0.265 e. The molecule has 0 aliphatic carbocycles. The van der Waals surface area contributed by atoms with E-state index < -0.39 is 6.10 Å². The monoisotopic (exact) mass is 337 g/mol. The second kappa shape index (κ2) is 7.03. The molecule has 0 bridgehead atoms. The molecular weight excluding hydrogens is 321 g/mol. The molecule has 2 rings (SSSR count). The molecule has 0 aromatic heterocycles. The normalized spacial score (nSPS) is 11.9. The Hall–Kier alpha value is -1.71. The summed E-state index contributed by atoms with van der Waals surface area (Å²) in [5.74, 6) is 0.366. The van der Waals surface area contributed by atoms with E-state index in [1.807, 2.05) is 32.0 Å². The molecule has 1 amide bonds. The van der Waals surface area contributed by atoms with Crippen molar-refractivity contribution in [2.45, 2.75) is 26.9 Å². The summed E-state index contributed by atoms with van der Waals surface area (Å²) in [4.78, 5) is 12.2. The van der Waals surface area contributed by atoms with E-state index >= 15 is 0 Å². The van der Waals surface area contributed by atoms with E-state index in [0.717, 1.165) is 5.56 Å². The number of carbonyl (C=O) groups is 1. The van der Waals surface area contributed by atoms with E-state index in [2.05, 4.69) is 5.32 Å². The first-order valence-corrected chi connectivity index (χ1v) is 7.62. The lowest BCUT2D eigenvalue weighted by molar-refractivity contribution is -0.122. The second-order valence-electron chi connectivity index (χ2n) is 5.12. The molecule has 2 aromatic carbocycles. The van der Waals surface area contributed by atoms with Crippen LogP contribution in [0.3, 0.4) is 0 Å². The van der Waals surface area contributed by atoms with Gasteiger partial charge in [-0.15, -0.1) is 0 Å². The van der Waals surface area contributed by atoms with Crippen LogP contribution in [0.4, 0.5) is 5.69 Å². The Morgan fingerprint density at radius 2 is 1.82 bits per heavy atom. The molecular formula is C17H17Cl2NO2. The highest BCUT2D eigenvalue weighted by Gasteiger charge is 2.16.